The minimum absolute atomic E-state index is 0. The first-order valence-electron chi connectivity index (χ1n) is 9.69. The Morgan fingerprint density at radius 2 is 1.48 bits per heavy atom. The smallest absolute Gasteiger partial charge is 0.503 e. The molecular formula is C22H43N2O2Ti. The van der Waals surface area contributed by atoms with Crippen molar-refractivity contribution in [2.24, 2.45) is 17.3 Å². The Morgan fingerprint density at radius 1 is 1.00 bits per heavy atom. The van der Waals surface area contributed by atoms with E-state index in [1.54, 1.807) is 0 Å². The fourth-order valence-electron chi connectivity index (χ4n) is 4.13. The normalized spacial score (nSPS) is 18.7. The second-order valence-corrected chi connectivity index (χ2v) is 8.04. The summed E-state index contributed by atoms with van der Waals surface area (Å²) in [6.45, 7) is 13.1. The van der Waals surface area contributed by atoms with Crippen LogP contribution in [-0.2, 0) is 31.3 Å². The first kappa shape index (κ1) is 31.4. The maximum atomic E-state index is 12.1. The Balaban J connectivity index is -0.00000192. The largest absolute Gasteiger partial charge is 3.00 e. The quantitative estimate of drug-likeness (QED) is 0.428. The maximum absolute atomic E-state index is 12.1. The maximum Gasteiger partial charge on any atom is 3.00 e. The molecule has 1 saturated carbocycles. The predicted molar refractivity (Wildman–Crippen MR) is 112 cm³/mol. The van der Waals surface area contributed by atoms with E-state index in [0.29, 0.717) is 24.7 Å². The molecule has 0 aromatic carbocycles. The zero-order chi connectivity index (χ0) is 18.3. The molecule has 1 aliphatic rings. The third-order valence-corrected chi connectivity index (χ3v) is 5.60. The van der Waals surface area contributed by atoms with Gasteiger partial charge in [-0.3, -0.25) is 9.59 Å². The number of nitrogens with one attached hydrogen (secondary N) is 2. The van der Waals surface area contributed by atoms with Crippen molar-refractivity contribution in [3.05, 3.63) is 20.9 Å². The van der Waals surface area contributed by atoms with Crippen molar-refractivity contribution in [2.45, 2.75) is 92.5 Å². The number of carbonyl (C=O) groups excluding carboxylic acids is 2. The van der Waals surface area contributed by atoms with Gasteiger partial charge in [-0.25, -0.2) is 6.04 Å². The predicted octanol–water partition coefficient (Wildman–Crippen LogP) is 5.10. The molecule has 1 rings (SSSR count). The minimum atomic E-state index is 0. The molecule has 0 aliphatic heterocycles. The molecule has 1 unspecified atom stereocenters. The first-order chi connectivity index (χ1) is 11.2. The molecule has 0 spiro atoms. The van der Waals surface area contributed by atoms with E-state index >= 15 is 0 Å². The van der Waals surface area contributed by atoms with Gasteiger partial charge in [-0.05, 0) is 36.5 Å². The van der Waals surface area contributed by atoms with Crippen LogP contribution in [0.4, 0.5) is 0 Å². The van der Waals surface area contributed by atoms with Crippen molar-refractivity contribution in [1.29, 1.82) is 0 Å². The molecule has 4 nitrogen and oxygen atoms in total. The van der Waals surface area contributed by atoms with Crippen LogP contribution in [0, 0.1) is 38.1 Å². The Hall–Kier alpha value is -0.346. The van der Waals surface area contributed by atoms with Crippen molar-refractivity contribution >= 4 is 11.8 Å². The molecule has 1 fully saturated rings. The monoisotopic (exact) mass is 415 g/mol. The summed E-state index contributed by atoms with van der Waals surface area (Å²) in [7, 11) is 0. The molecule has 1 radical (unpaired) electrons. The van der Waals surface area contributed by atoms with Crippen LogP contribution in [0.3, 0.4) is 0 Å². The van der Waals surface area contributed by atoms with E-state index in [-0.39, 0.29) is 59.8 Å². The number of hydrogen-bond acceptors (Lipinski definition) is 2. The van der Waals surface area contributed by atoms with Crippen molar-refractivity contribution < 1.29 is 31.3 Å². The standard InChI is InChI=1S/C20H37N2O2.2CH3.Ti/c1-7-9-18(23)21-16-11-17(22-19(24)10-8-2)13-20(12-16,14(3)4)15(5)6;;;/h14-16H,7-13H2,1-6H3,(H,21,23)(H,22,24);2*1H3;/q3*-1;+3. The van der Waals surface area contributed by atoms with Gasteiger partial charge in [0.1, 0.15) is 0 Å². The van der Waals surface area contributed by atoms with Gasteiger partial charge in [-0.2, -0.15) is 6.42 Å². The van der Waals surface area contributed by atoms with Crippen molar-refractivity contribution in [3.8, 4) is 0 Å². The van der Waals surface area contributed by atoms with E-state index in [1.807, 2.05) is 13.8 Å². The van der Waals surface area contributed by atoms with Crippen LogP contribution in [0.15, 0.2) is 0 Å². The minimum Gasteiger partial charge on any atom is -0.503 e. The van der Waals surface area contributed by atoms with E-state index in [4.69, 9.17) is 0 Å². The molecule has 5 heteroatoms. The van der Waals surface area contributed by atoms with Gasteiger partial charge in [0.25, 0.3) is 0 Å². The fourth-order valence-corrected chi connectivity index (χ4v) is 4.13. The Bertz CT molecular complexity index is 387. The summed E-state index contributed by atoms with van der Waals surface area (Å²) in [6, 6.07) is 1.23. The van der Waals surface area contributed by atoms with Gasteiger partial charge in [-0.1, -0.05) is 41.5 Å². The SMILES string of the molecule is CCCC(=O)N[C-]1CC(NC(=O)CCC)CC(C(C)C)(C(C)C)C1.[CH3-].[CH3-].[Ti+3]. The molecule has 0 aromatic heterocycles. The number of carbonyl (C=O) groups is 2. The Labute approximate surface area is 184 Å². The van der Waals surface area contributed by atoms with Crippen LogP contribution in [0.2, 0.25) is 0 Å². The number of hydrogen-bond donors (Lipinski definition) is 2. The second kappa shape index (κ2) is 14.6. The van der Waals surface area contributed by atoms with Gasteiger partial charge in [-0.15, -0.1) is 6.42 Å². The molecule has 157 valence electrons. The van der Waals surface area contributed by atoms with E-state index in [1.165, 1.54) is 0 Å². The summed E-state index contributed by atoms with van der Waals surface area (Å²) in [5, 5.41) is 6.35. The molecule has 2 amide bonds. The molecular weight excluding hydrogens is 372 g/mol. The van der Waals surface area contributed by atoms with Gasteiger partial charge in [0.15, 0.2) is 5.91 Å². The summed E-state index contributed by atoms with van der Waals surface area (Å²) >= 11 is 0. The molecule has 0 aromatic rings. The third-order valence-electron chi connectivity index (χ3n) is 5.60. The van der Waals surface area contributed by atoms with E-state index in [9.17, 15) is 9.59 Å². The van der Waals surface area contributed by atoms with E-state index < -0.39 is 0 Å². The summed E-state index contributed by atoms with van der Waals surface area (Å²) < 4.78 is 0. The van der Waals surface area contributed by atoms with Gasteiger partial charge in [0.2, 0.25) is 5.91 Å². The van der Waals surface area contributed by atoms with E-state index in [2.05, 4.69) is 38.3 Å². The summed E-state index contributed by atoms with van der Waals surface area (Å²) in [4.78, 5) is 24.2. The first-order valence-corrected chi connectivity index (χ1v) is 9.69. The molecule has 1 aliphatic carbocycles. The van der Waals surface area contributed by atoms with Gasteiger partial charge in [0, 0.05) is 18.9 Å². The van der Waals surface area contributed by atoms with Crippen molar-refractivity contribution in [1.82, 2.24) is 10.6 Å². The Morgan fingerprint density at radius 3 is 1.93 bits per heavy atom. The van der Waals surface area contributed by atoms with E-state index in [0.717, 1.165) is 38.1 Å². The molecule has 0 bridgehead atoms. The number of rotatable bonds is 8. The topological polar surface area (TPSA) is 58.2 Å². The summed E-state index contributed by atoms with van der Waals surface area (Å²) in [5.74, 6) is 1.24. The zero-order valence-corrected chi connectivity index (χ0v) is 20.6. The molecule has 0 heterocycles. The van der Waals surface area contributed by atoms with Crippen molar-refractivity contribution in [3.63, 3.8) is 0 Å². The van der Waals surface area contributed by atoms with Crippen LogP contribution >= 0.6 is 0 Å². The van der Waals surface area contributed by atoms with Gasteiger partial charge < -0.3 is 25.5 Å². The molecule has 27 heavy (non-hydrogen) atoms. The second-order valence-electron chi connectivity index (χ2n) is 8.04. The average molecular weight is 415 g/mol. The van der Waals surface area contributed by atoms with Crippen LogP contribution in [0.5, 0.6) is 0 Å². The summed E-state index contributed by atoms with van der Waals surface area (Å²) in [6.07, 6.45) is 5.54. The third kappa shape index (κ3) is 9.13. The van der Waals surface area contributed by atoms with Gasteiger partial charge >= 0.3 is 21.7 Å². The van der Waals surface area contributed by atoms with Crippen LogP contribution in [0.1, 0.15) is 86.5 Å². The summed E-state index contributed by atoms with van der Waals surface area (Å²) in [5.41, 5.74) is 0.122. The average Bonchev–Trinajstić information content (AvgIpc) is 2.46. The van der Waals surface area contributed by atoms with Gasteiger partial charge in [0.05, 0.1) is 0 Å². The van der Waals surface area contributed by atoms with Crippen LogP contribution in [-0.4, -0.2) is 17.9 Å². The van der Waals surface area contributed by atoms with Crippen LogP contribution in [0.25, 0.3) is 0 Å². The fraction of sp³-hybridized carbons (Fsp3) is 0.773. The molecule has 1 atom stereocenters. The molecule has 0 saturated heterocycles. The van der Waals surface area contributed by atoms with Crippen LogP contribution < -0.4 is 10.6 Å². The molecule has 2 N–H and O–H groups in total. The Kier molecular flexibility index (Phi) is 17.0. The zero-order valence-electron chi connectivity index (χ0n) is 19.0. The van der Waals surface area contributed by atoms with Crippen molar-refractivity contribution in [2.75, 3.05) is 0 Å². The number of amides is 2.